The second-order valence-corrected chi connectivity index (χ2v) is 14.2. The fraction of sp³-hybridized carbons (Fsp3) is 0.273. The topological polar surface area (TPSA) is 205 Å². The minimum atomic E-state index is -1.40. The number of aliphatic hydroxyl groups excluding tert-OH is 1. The van der Waals surface area contributed by atoms with Crippen LogP contribution in [0.4, 0.5) is 4.79 Å². The molecule has 0 saturated heterocycles. The van der Waals surface area contributed by atoms with Crippen molar-refractivity contribution in [3.8, 4) is 0 Å². The number of nitrogens with two attached hydrogens (primary N) is 1. The molecule has 5 amide bonds. The lowest BCUT2D eigenvalue weighted by Crippen LogP contribution is -2.59. The Bertz CT molecular complexity index is 2140. The molecule has 0 saturated carbocycles. The van der Waals surface area contributed by atoms with Crippen molar-refractivity contribution in [2.75, 3.05) is 6.54 Å². The van der Waals surface area contributed by atoms with Gasteiger partial charge in [0.15, 0.2) is 0 Å². The maximum atomic E-state index is 13.9. The standard InChI is InChI=1S/C44H49N7O7/c1-29(2)40(49-44(57)58-28-32-18-10-5-11-19-32)43(56)50-51(26-31-16-8-4-9-17-31)27-38(52)36(24-30-14-6-3-7-15-30)47-42(55)37(25-39(45)53)48-41(54)35-23-22-33-20-12-13-21-34(33)46-35/h3-23,29,36-38,40,52H,24-28H2,1-2H3,(H2,45,53)(H,47,55)(H,48,54)(H,49,57)(H,50,56)/t36-,37-,38-,40-/m0/s1. The third-order valence-corrected chi connectivity index (χ3v) is 9.28. The molecule has 1 aromatic heterocycles. The number of carbonyl (C=O) groups is 5. The fourth-order valence-corrected chi connectivity index (χ4v) is 6.23. The van der Waals surface area contributed by atoms with Crippen LogP contribution < -0.4 is 27.1 Å². The van der Waals surface area contributed by atoms with Gasteiger partial charge in [0.05, 0.1) is 24.1 Å². The summed E-state index contributed by atoms with van der Waals surface area (Å²) in [6.07, 6.45) is -2.46. The summed E-state index contributed by atoms with van der Waals surface area (Å²) in [6, 6.07) is 34.6. The lowest BCUT2D eigenvalue weighted by Gasteiger charge is -2.32. The molecule has 0 bridgehead atoms. The van der Waals surface area contributed by atoms with Crippen LogP contribution in [0, 0.1) is 5.92 Å². The van der Waals surface area contributed by atoms with Crippen molar-refractivity contribution in [1.82, 2.24) is 31.4 Å². The van der Waals surface area contributed by atoms with Gasteiger partial charge >= 0.3 is 6.09 Å². The third kappa shape index (κ3) is 13.0. The van der Waals surface area contributed by atoms with Crippen LogP contribution in [0.5, 0.6) is 0 Å². The minimum Gasteiger partial charge on any atom is -0.445 e. The van der Waals surface area contributed by atoms with E-state index in [0.717, 1.165) is 22.1 Å². The molecule has 4 aromatic carbocycles. The number of alkyl carbamates (subject to hydrolysis) is 1. The quantitative estimate of drug-likeness (QED) is 0.0673. The highest BCUT2D eigenvalue weighted by atomic mass is 16.5. The number of aliphatic hydroxyl groups is 1. The number of nitrogens with one attached hydrogen (secondary N) is 4. The number of rotatable bonds is 19. The van der Waals surface area contributed by atoms with Crippen molar-refractivity contribution >= 4 is 40.6 Å². The number of hydrazine groups is 1. The number of ether oxygens (including phenoxy) is 1. The highest BCUT2D eigenvalue weighted by molar-refractivity contribution is 5.99. The maximum absolute atomic E-state index is 13.9. The number of para-hydroxylation sites is 1. The summed E-state index contributed by atoms with van der Waals surface area (Å²) in [4.78, 5) is 70.5. The smallest absolute Gasteiger partial charge is 0.408 e. The molecule has 0 aliphatic heterocycles. The zero-order valence-corrected chi connectivity index (χ0v) is 32.4. The van der Waals surface area contributed by atoms with Crippen LogP contribution in [0.3, 0.4) is 0 Å². The second kappa shape index (κ2) is 21.0. The number of amides is 5. The van der Waals surface area contributed by atoms with Crippen molar-refractivity contribution in [3.63, 3.8) is 0 Å². The molecule has 58 heavy (non-hydrogen) atoms. The largest absolute Gasteiger partial charge is 0.445 e. The van der Waals surface area contributed by atoms with Crippen molar-refractivity contribution in [2.45, 2.75) is 64.1 Å². The van der Waals surface area contributed by atoms with E-state index in [4.69, 9.17) is 10.5 Å². The molecule has 7 N–H and O–H groups in total. The molecule has 1 heterocycles. The molecule has 0 spiro atoms. The van der Waals surface area contributed by atoms with Crippen LogP contribution >= 0.6 is 0 Å². The number of nitrogens with zero attached hydrogens (tertiary/aromatic N) is 2. The molecule has 5 aromatic rings. The summed E-state index contributed by atoms with van der Waals surface area (Å²) >= 11 is 0. The Morgan fingerprint density at radius 1 is 0.724 bits per heavy atom. The summed E-state index contributed by atoms with van der Waals surface area (Å²) in [5, 5.41) is 22.3. The highest BCUT2D eigenvalue weighted by Gasteiger charge is 2.32. The summed E-state index contributed by atoms with van der Waals surface area (Å²) in [5.74, 6) is -3.18. The molecular formula is C44H49N7O7. The number of pyridine rings is 1. The van der Waals surface area contributed by atoms with Crippen LogP contribution in [0.15, 0.2) is 127 Å². The van der Waals surface area contributed by atoms with Crippen molar-refractivity contribution in [3.05, 3.63) is 150 Å². The Labute approximate surface area is 337 Å². The van der Waals surface area contributed by atoms with Crippen LogP contribution in [-0.2, 0) is 38.7 Å². The van der Waals surface area contributed by atoms with Crippen molar-refractivity contribution in [1.29, 1.82) is 0 Å². The number of fused-ring (bicyclic) bond motifs is 1. The average molecular weight is 788 g/mol. The first-order valence-corrected chi connectivity index (χ1v) is 19.0. The summed E-state index contributed by atoms with van der Waals surface area (Å²) in [7, 11) is 0. The molecule has 14 nitrogen and oxygen atoms in total. The predicted octanol–water partition coefficient (Wildman–Crippen LogP) is 3.78. The van der Waals surface area contributed by atoms with E-state index in [-0.39, 0.29) is 37.7 Å². The number of hydrogen-bond donors (Lipinski definition) is 6. The second-order valence-electron chi connectivity index (χ2n) is 14.2. The van der Waals surface area contributed by atoms with Crippen LogP contribution in [0.1, 0.15) is 47.4 Å². The molecule has 302 valence electrons. The van der Waals surface area contributed by atoms with E-state index in [2.05, 4.69) is 26.4 Å². The predicted molar refractivity (Wildman–Crippen MR) is 218 cm³/mol. The molecule has 0 unspecified atom stereocenters. The first kappa shape index (κ1) is 42.5. The lowest BCUT2D eigenvalue weighted by molar-refractivity contribution is -0.131. The van der Waals surface area contributed by atoms with E-state index in [1.165, 1.54) is 11.1 Å². The molecule has 0 aliphatic rings. The van der Waals surface area contributed by atoms with Gasteiger partial charge in [-0.25, -0.2) is 14.8 Å². The Morgan fingerprint density at radius 2 is 1.33 bits per heavy atom. The van der Waals surface area contributed by atoms with Gasteiger partial charge in [0.1, 0.15) is 24.4 Å². The van der Waals surface area contributed by atoms with Gasteiger partial charge in [-0.2, -0.15) is 0 Å². The SMILES string of the molecule is CC(C)[C@H](NC(=O)OCc1ccccc1)C(=O)NN(Cc1ccccc1)C[C@H](O)[C@H](Cc1ccccc1)NC(=O)[C@H](CC(N)=O)NC(=O)c1ccc2ccccc2n1. The first-order valence-electron chi connectivity index (χ1n) is 19.0. The summed E-state index contributed by atoms with van der Waals surface area (Å²) < 4.78 is 5.38. The molecule has 14 heteroatoms. The molecule has 0 radical (unpaired) electrons. The molecule has 0 fully saturated rings. The first-order chi connectivity index (χ1) is 27.9. The van der Waals surface area contributed by atoms with E-state index in [1.807, 2.05) is 103 Å². The number of aromatic nitrogens is 1. The highest BCUT2D eigenvalue weighted by Crippen LogP contribution is 2.14. The fourth-order valence-electron chi connectivity index (χ4n) is 6.23. The molecule has 4 atom stereocenters. The van der Waals surface area contributed by atoms with Crippen LogP contribution in [0.2, 0.25) is 0 Å². The molecular weight excluding hydrogens is 739 g/mol. The molecule has 5 rings (SSSR count). The van der Waals surface area contributed by atoms with Gasteiger partial charge in [0.25, 0.3) is 11.8 Å². The minimum absolute atomic E-state index is 0.0181. The van der Waals surface area contributed by atoms with E-state index in [1.54, 1.807) is 32.0 Å². The lowest BCUT2D eigenvalue weighted by atomic mass is 9.99. The normalized spacial score (nSPS) is 13.2. The Kier molecular flexibility index (Phi) is 15.4. The van der Waals surface area contributed by atoms with E-state index in [0.29, 0.717) is 5.52 Å². The monoisotopic (exact) mass is 787 g/mol. The average Bonchev–Trinajstić information content (AvgIpc) is 3.22. The van der Waals surface area contributed by atoms with Crippen LogP contribution in [-0.4, -0.2) is 75.6 Å². The zero-order chi connectivity index (χ0) is 41.4. The number of benzene rings is 4. The van der Waals surface area contributed by atoms with E-state index in [9.17, 15) is 29.1 Å². The van der Waals surface area contributed by atoms with Gasteiger partial charge < -0.3 is 31.5 Å². The van der Waals surface area contributed by atoms with Gasteiger partial charge in [-0.05, 0) is 41.2 Å². The Hall–Kier alpha value is -6.64. The van der Waals surface area contributed by atoms with Gasteiger partial charge in [-0.3, -0.25) is 24.6 Å². The number of hydrogen-bond acceptors (Lipinski definition) is 9. The van der Waals surface area contributed by atoms with E-state index >= 15 is 0 Å². The number of primary amides is 1. The zero-order valence-electron chi connectivity index (χ0n) is 32.4. The Balaban J connectivity index is 1.33. The Morgan fingerprint density at radius 3 is 1.97 bits per heavy atom. The van der Waals surface area contributed by atoms with Crippen molar-refractivity contribution < 1.29 is 33.8 Å². The summed E-state index contributed by atoms with van der Waals surface area (Å²) in [6.45, 7) is 3.54. The maximum Gasteiger partial charge on any atom is 0.408 e. The van der Waals surface area contributed by atoms with Gasteiger partial charge in [-0.1, -0.05) is 129 Å². The third-order valence-electron chi connectivity index (χ3n) is 9.28. The van der Waals surface area contributed by atoms with Crippen molar-refractivity contribution in [2.24, 2.45) is 11.7 Å². The summed E-state index contributed by atoms with van der Waals surface area (Å²) in [5.41, 5.74) is 11.4. The van der Waals surface area contributed by atoms with Gasteiger partial charge in [0.2, 0.25) is 11.8 Å². The van der Waals surface area contributed by atoms with Gasteiger partial charge in [-0.15, -0.1) is 0 Å². The van der Waals surface area contributed by atoms with Crippen LogP contribution in [0.25, 0.3) is 10.9 Å². The van der Waals surface area contributed by atoms with E-state index < -0.39 is 60.4 Å². The molecule has 0 aliphatic carbocycles. The van der Waals surface area contributed by atoms with Gasteiger partial charge in [0, 0.05) is 18.5 Å². The number of carbonyl (C=O) groups excluding carboxylic acids is 5.